The lowest BCUT2D eigenvalue weighted by Gasteiger charge is -2.20. The second-order valence-corrected chi connectivity index (χ2v) is 7.85. The van der Waals surface area contributed by atoms with Crippen LogP contribution in [0.1, 0.15) is 28.4 Å². The van der Waals surface area contributed by atoms with Crippen molar-refractivity contribution in [2.75, 3.05) is 26.4 Å². The SMILES string of the molecule is OCCOc1ccc(CN2CCOc3ccc(C(O)Cc4ccccc4)cc3C2)cc1. The molecule has 5 heteroatoms. The Kier molecular flexibility index (Phi) is 7.20. The van der Waals surface area contributed by atoms with Crippen molar-refractivity contribution in [1.82, 2.24) is 4.90 Å². The molecular formula is C26H29NO4. The summed E-state index contributed by atoms with van der Waals surface area (Å²) in [7, 11) is 0. The van der Waals surface area contributed by atoms with E-state index < -0.39 is 6.10 Å². The normalized spacial score (nSPS) is 14.9. The van der Waals surface area contributed by atoms with Crippen molar-refractivity contribution in [3.8, 4) is 11.5 Å². The van der Waals surface area contributed by atoms with Gasteiger partial charge in [-0.25, -0.2) is 0 Å². The molecule has 5 nitrogen and oxygen atoms in total. The van der Waals surface area contributed by atoms with E-state index in [-0.39, 0.29) is 6.61 Å². The van der Waals surface area contributed by atoms with Gasteiger partial charge in [-0.2, -0.15) is 0 Å². The topological polar surface area (TPSA) is 62.2 Å². The number of aliphatic hydroxyl groups excluding tert-OH is 2. The molecule has 0 fully saturated rings. The fourth-order valence-electron chi connectivity index (χ4n) is 3.88. The standard InChI is InChI=1S/C26H29NO4/c28-13-15-30-24-9-6-21(7-10-24)18-27-12-14-31-26-11-8-22(17-23(26)19-27)25(29)16-20-4-2-1-3-5-20/h1-11,17,25,28-29H,12-16,18-19H2. The zero-order valence-corrected chi connectivity index (χ0v) is 17.6. The van der Waals surface area contributed by atoms with Gasteiger partial charge < -0.3 is 19.7 Å². The van der Waals surface area contributed by atoms with Gasteiger partial charge in [0.2, 0.25) is 0 Å². The number of fused-ring (bicyclic) bond motifs is 1. The van der Waals surface area contributed by atoms with Gasteiger partial charge in [0, 0.05) is 31.6 Å². The number of hydrogen-bond donors (Lipinski definition) is 2. The van der Waals surface area contributed by atoms with Gasteiger partial charge in [0.1, 0.15) is 24.7 Å². The largest absolute Gasteiger partial charge is 0.492 e. The van der Waals surface area contributed by atoms with Gasteiger partial charge in [-0.05, 0) is 41.0 Å². The summed E-state index contributed by atoms with van der Waals surface area (Å²) in [6.45, 7) is 3.36. The van der Waals surface area contributed by atoms with E-state index in [9.17, 15) is 5.11 Å². The molecule has 0 saturated heterocycles. The molecule has 31 heavy (non-hydrogen) atoms. The van der Waals surface area contributed by atoms with Crippen LogP contribution in [0.2, 0.25) is 0 Å². The van der Waals surface area contributed by atoms with Crippen LogP contribution in [0.15, 0.2) is 72.8 Å². The number of ether oxygens (including phenoxy) is 2. The van der Waals surface area contributed by atoms with Gasteiger partial charge in [-0.15, -0.1) is 0 Å². The van der Waals surface area contributed by atoms with Gasteiger partial charge in [-0.3, -0.25) is 4.90 Å². The molecule has 4 rings (SSSR count). The molecule has 3 aromatic rings. The first kappa shape index (κ1) is 21.4. The first-order valence-electron chi connectivity index (χ1n) is 10.7. The van der Waals surface area contributed by atoms with Crippen molar-refractivity contribution in [1.29, 1.82) is 0 Å². The van der Waals surface area contributed by atoms with Gasteiger partial charge in [0.15, 0.2) is 0 Å². The van der Waals surface area contributed by atoms with E-state index in [1.54, 1.807) is 0 Å². The van der Waals surface area contributed by atoms with Crippen LogP contribution in [0.5, 0.6) is 11.5 Å². The first-order valence-corrected chi connectivity index (χ1v) is 10.7. The van der Waals surface area contributed by atoms with Crippen LogP contribution in [-0.2, 0) is 19.5 Å². The van der Waals surface area contributed by atoms with Crippen LogP contribution < -0.4 is 9.47 Å². The Balaban J connectivity index is 1.43. The molecule has 0 bridgehead atoms. The molecule has 1 aliphatic rings. The van der Waals surface area contributed by atoms with Crippen molar-refractivity contribution in [3.05, 3.63) is 95.1 Å². The minimum atomic E-state index is -0.545. The van der Waals surface area contributed by atoms with E-state index in [2.05, 4.69) is 23.1 Å². The molecule has 1 unspecified atom stereocenters. The Morgan fingerprint density at radius 1 is 0.968 bits per heavy atom. The maximum atomic E-state index is 10.8. The predicted molar refractivity (Wildman–Crippen MR) is 120 cm³/mol. The Labute approximate surface area is 183 Å². The Hall–Kier alpha value is -2.86. The molecule has 0 spiro atoms. The Bertz CT molecular complexity index is 959. The smallest absolute Gasteiger partial charge is 0.123 e. The van der Waals surface area contributed by atoms with Crippen LogP contribution in [0.25, 0.3) is 0 Å². The minimum Gasteiger partial charge on any atom is -0.492 e. The number of aliphatic hydroxyl groups is 2. The lowest BCUT2D eigenvalue weighted by molar-refractivity contribution is 0.178. The van der Waals surface area contributed by atoms with Gasteiger partial charge in [0.25, 0.3) is 0 Å². The summed E-state index contributed by atoms with van der Waals surface area (Å²) >= 11 is 0. The number of rotatable bonds is 8. The second-order valence-electron chi connectivity index (χ2n) is 7.85. The molecule has 3 aromatic carbocycles. The van der Waals surface area contributed by atoms with Crippen molar-refractivity contribution in [2.45, 2.75) is 25.6 Å². The fourth-order valence-corrected chi connectivity index (χ4v) is 3.88. The highest BCUT2D eigenvalue weighted by Gasteiger charge is 2.18. The summed E-state index contributed by atoms with van der Waals surface area (Å²) in [5.74, 6) is 1.66. The van der Waals surface area contributed by atoms with E-state index in [0.717, 1.165) is 47.8 Å². The molecule has 0 radical (unpaired) electrons. The molecule has 0 amide bonds. The lowest BCUT2D eigenvalue weighted by atomic mass is 9.99. The van der Waals surface area contributed by atoms with Crippen LogP contribution in [-0.4, -0.2) is 41.5 Å². The van der Waals surface area contributed by atoms with Crippen molar-refractivity contribution >= 4 is 0 Å². The van der Waals surface area contributed by atoms with Gasteiger partial charge >= 0.3 is 0 Å². The Morgan fingerprint density at radius 3 is 2.55 bits per heavy atom. The van der Waals surface area contributed by atoms with Crippen LogP contribution >= 0.6 is 0 Å². The average Bonchev–Trinajstić information content (AvgIpc) is 3.00. The van der Waals surface area contributed by atoms with Crippen LogP contribution in [0, 0.1) is 0 Å². The maximum Gasteiger partial charge on any atom is 0.123 e. The fraction of sp³-hybridized carbons (Fsp3) is 0.308. The molecule has 162 valence electrons. The van der Waals surface area contributed by atoms with E-state index in [4.69, 9.17) is 14.6 Å². The molecule has 0 aliphatic carbocycles. The lowest BCUT2D eigenvalue weighted by Crippen LogP contribution is -2.25. The summed E-state index contributed by atoms with van der Waals surface area (Å²) < 4.78 is 11.4. The molecule has 1 aliphatic heterocycles. The highest BCUT2D eigenvalue weighted by molar-refractivity contribution is 5.39. The second kappa shape index (κ2) is 10.4. The van der Waals surface area contributed by atoms with Crippen molar-refractivity contribution < 1.29 is 19.7 Å². The molecule has 0 aromatic heterocycles. The number of benzene rings is 3. The third-order valence-corrected chi connectivity index (χ3v) is 5.49. The van der Waals surface area contributed by atoms with E-state index in [1.807, 2.05) is 54.6 Å². The third kappa shape index (κ3) is 5.85. The average molecular weight is 420 g/mol. The highest BCUT2D eigenvalue weighted by Crippen LogP contribution is 2.29. The summed E-state index contributed by atoms with van der Waals surface area (Å²) in [6, 6.07) is 24.1. The van der Waals surface area contributed by atoms with Crippen molar-refractivity contribution in [2.24, 2.45) is 0 Å². The summed E-state index contributed by atoms with van der Waals surface area (Å²) in [5, 5.41) is 19.6. The quantitative estimate of drug-likeness (QED) is 0.583. The van der Waals surface area contributed by atoms with Gasteiger partial charge in [-0.1, -0.05) is 48.5 Å². The van der Waals surface area contributed by atoms with E-state index in [0.29, 0.717) is 19.6 Å². The monoisotopic (exact) mass is 419 g/mol. The number of hydrogen-bond acceptors (Lipinski definition) is 5. The summed E-state index contributed by atoms with van der Waals surface area (Å²) in [5.41, 5.74) is 4.33. The summed E-state index contributed by atoms with van der Waals surface area (Å²) in [6.07, 6.45) is 0.0467. The highest BCUT2D eigenvalue weighted by atomic mass is 16.5. The molecule has 1 heterocycles. The maximum absolute atomic E-state index is 10.8. The molecule has 0 saturated carbocycles. The van der Waals surface area contributed by atoms with Crippen LogP contribution in [0.4, 0.5) is 0 Å². The number of nitrogens with zero attached hydrogens (tertiary/aromatic N) is 1. The first-order chi connectivity index (χ1) is 15.2. The molecule has 2 N–H and O–H groups in total. The van der Waals surface area contributed by atoms with Crippen molar-refractivity contribution in [3.63, 3.8) is 0 Å². The van der Waals surface area contributed by atoms with Gasteiger partial charge in [0.05, 0.1) is 12.7 Å². The minimum absolute atomic E-state index is 0.0109. The third-order valence-electron chi connectivity index (χ3n) is 5.49. The zero-order valence-electron chi connectivity index (χ0n) is 17.6. The van der Waals surface area contributed by atoms with E-state index in [1.165, 1.54) is 5.56 Å². The molecule has 1 atom stereocenters. The predicted octanol–water partition coefficient (Wildman–Crippen LogP) is 3.73. The molecular weight excluding hydrogens is 390 g/mol. The summed E-state index contributed by atoms with van der Waals surface area (Å²) in [4.78, 5) is 2.35. The Morgan fingerprint density at radius 2 is 1.77 bits per heavy atom. The van der Waals surface area contributed by atoms with E-state index >= 15 is 0 Å². The van der Waals surface area contributed by atoms with Crippen LogP contribution in [0.3, 0.4) is 0 Å². The zero-order chi connectivity index (χ0) is 21.5.